The summed E-state index contributed by atoms with van der Waals surface area (Å²) < 4.78 is 5.65. The van der Waals surface area contributed by atoms with Gasteiger partial charge in [-0.25, -0.2) is 0 Å². The van der Waals surface area contributed by atoms with Crippen LogP contribution in [0.15, 0.2) is 54.6 Å². The van der Waals surface area contributed by atoms with Gasteiger partial charge >= 0.3 is 0 Å². The van der Waals surface area contributed by atoms with Crippen molar-refractivity contribution in [3.8, 4) is 5.75 Å². The second kappa shape index (κ2) is 8.71. The lowest BCUT2D eigenvalue weighted by molar-refractivity contribution is -0.130. The summed E-state index contributed by atoms with van der Waals surface area (Å²) in [7, 11) is 0. The van der Waals surface area contributed by atoms with Gasteiger partial charge in [0.05, 0.1) is 19.1 Å². The molecule has 2 atom stereocenters. The summed E-state index contributed by atoms with van der Waals surface area (Å²) >= 11 is 0. The van der Waals surface area contributed by atoms with Crippen LogP contribution in [0, 0.1) is 5.92 Å². The highest BCUT2D eigenvalue weighted by Gasteiger charge is 2.29. The number of hydrogen-bond donors (Lipinski definition) is 2. The van der Waals surface area contributed by atoms with Crippen molar-refractivity contribution in [1.82, 2.24) is 10.6 Å². The van der Waals surface area contributed by atoms with Gasteiger partial charge in [-0.1, -0.05) is 62.4 Å². The first-order chi connectivity index (χ1) is 13.0. The van der Waals surface area contributed by atoms with Crippen molar-refractivity contribution in [2.75, 3.05) is 6.61 Å². The van der Waals surface area contributed by atoms with Crippen molar-refractivity contribution < 1.29 is 14.3 Å². The van der Waals surface area contributed by atoms with Crippen LogP contribution in [0.5, 0.6) is 5.75 Å². The predicted octanol–water partition coefficient (Wildman–Crippen LogP) is 3.01. The summed E-state index contributed by atoms with van der Waals surface area (Å²) in [6.45, 7) is 4.44. The smallest absolute Gasteiger partial charge is 0.243 e. The fraction of sp³-hybridized carbons (Fsp3) is 0.364. The van der Waals surface area contributed by atoms with Crippen LogP contribution in [-0.2, 0) is 16.0 Å². The van der Waals surface area contributed by atoms with Crippen molar-refractivity contribution in [2.24, 2.45) is 5.92 Å². The van der Waals surface area contributed by atoms with Crippen LogP contribution in [0.4, 0.5) is 0 Å². The van der Waals surface area contributed by atoms with Gasteiger partial charge in [0.15, 0.2) is 0 Å². The Kier molecular flexibility index (Phi) is 6.12. The molecule has 1 heterocycles. The first-order valence-corrected chi connectivity index (χ1v) is 9.40. The molecule has 3 rings (SSSR count). The molecule has 1 aliphatic rings. The van der Waals surface area contributed by atoms with Crippen LogP contribution in [0.3, 0.4) is 0 Å². The van der Waals surface area contributed by atoms with Crippen LogP contribution >= 0.6 is 0 Å². The van der Waals surface area contributed by atoms with Crippen LogP contribution in [-0.4, -0.2) is 24.5 Å². The van der Waals surface area contributed by atoms with Crippen LogP contribution in [0.2, 0.25) is 0 Å². The highest BCUT2D eigenvalue weighted by atomic mass is 16.5. The normalized spacial score (nSPS) is 16.8. The van der Waals surface area contributed by atoms with Crippen molar-refractivity contribution in [3.05, 3.63) is 65.7 Å². The first-order valence-electron chi connectivity index (χ1n) is 9.40. The van der Waals surface area contributed by atoms with Crippen LogP contribution in [0.25, 0.3) is 0 Å². The summed E-state index contributed by atoms with van der Waals surface area (Å²) in [5.41, 5.74) is 1.91. The van der Waals surface area contributed by atoms with Gasteiger partial charge in [0, 0.05) is 12.0 Å². The van der Waals surface area contributed by atoms with Crippen molar-refractivity contribution in [2.45, 2.75) is 38.8 Å². The predicted molar refractivity (Wildman–Crippen MR) is 104 cm³/mol. The van der Waals surface area contributed by atoms with Gasteiger partial charge in [0.2, 0.25) is 11.8 Å². The third-order valence-electron chi connectivity index (χ3n) is 4.75. The summed E-state index contributed by atoms with van der Waals surface area (Å²) in [5, 5.41) is 5.99. The average molecular weight is 366 g/mol. The standard InChI is InChI=1S/C22H26N2O3/c1-15(2)21(24-20(25)14-16-8-4-3-5-9-16)22(26)23-18-12-13-27-19-11-7-6-10-17(18)19/h3-11,15,18,21H,12-14H2,1-2H3,(H,23,26)(H,24,25)/t18?,21-/m0/s1. The molecule has 0 bridgehead atoms. The number of carbonyl (C=O) groups is 2. The highest BCUT2D eigenvalue weighted by Crippen LogP contribution is 2.31. The highest BCUT2D eigenvalue weighted by molar-refractivity contribution is 5.88. The molecular weight excluding hydrogens is 340 g/mol. The largest absolute Gasteiger partial charge is 0.493 e. The Morgan fingerprint density at radius 1 is 1.07 bits per heavy atom. The molecule has 0 aromatic heterocycles. The minimum absolute atomic E-state index is 0.0141. The zero-order valence-electron chi connectivity index (χ0n) is 15.8. The minimum atomic E-state index is -0.573. The molecule has 2 aromatic rings. The Balaban J connectivity index is 1.65. The molecule has 142 valence electrons. The average Bonchev–Trinajstić information content (AvgIpc) is 2.67. The van der Waals surface area contributed by atoms with Crippen molar-refractivity contribution in [1.29, 1.82) is 0 Å². The zero-order chi connectivity index (χ0) is 19.2. The van der Waals surface area contributed by atoms with E-state index in [0.29, 0.717) is 13.0 Å². The molecule has 1 aliphatic heterocycles. The Hall–Kier alpha value is -2.82. The summed E-state index contributed by atoms with van der Waals surface area (Å²) in [6.07, 6.45) is 0.975. The van der Waals surface area contributed by atoms with Gasteiger partial charge in [-0.05, 0) is 17.5 Å². The molecular formula is C22H26N2O3. The van der Waals surface area contributed by atoms with Gasteiger partial charge in [0.25, 0.3) is 0 Å². The number of carbonyl (C=O) groups excluding carboxylic acids is 2. The molecule has 5 nitrogen and oxygen atoms in total. The molecule has 2 amide bonds. The number of ether oxygens (including phenoxy) is 1. The van der Waals surface area contributed by atoms with E-state index in [9.17, 15) is 9.59 Å². The quantitative estimate of drug-likeness (QED) is 0.826. The van der Waals surface area contributed by atoms with Gasteiger partial charge in [-0.2, -0.15) is 0 Å². The molecule has 2 aromatic carbocycles. The fourth-order valence-corrected chi connectivity index (χ4v) is 3.29. The SMILES string of the molecule is CC(C)[C@H](NC(=O)Cc1ccccc1)C(=O)NC1CCOc2ccccc21. The van der Waals surface area contributed by atoms with E-state index in [1.165, 1.54) is 0 Å². The first kappa shape index (κ1) is 19.0. The molecule has 2 N–H and O–H groups in total. The lowest BCUT2D eigenvalue weighted by Gasteiger charge is -2.29. The lowest BCUT2D eigenvalue weighted by Crippen LogP contribution is -2.51. The molecule has 0 fully saturated rings. The molecule has 1 unspecified atom stereocenters. The maximum Gasteiger partial charge on any atom is 0.243 e. The van der Waals surface area contributed by atoms with E-state index in [0.717, 1.165) is 16.9 Å². The van der Waals surface area contributed by atoms with Crippen molar-refractivity contribution >= 4 is 11.8 Å². The van der Waals surface area contributed by atoms with E-state index in [2.05, 4.69) is 10.6 Å². The second-order valence-electron chi connectivity index (χ2n) is 7.19. The van der Waals surface area contributed by atoms with E-state index >= 15 is 0 Å². The fourth-order valence-electron chi connectivity index (χ4n) is 3.29. The lowest BCUT2D eigenvalue weighted by atomic mass is 9.98. The Bertz CT molecular complexity index is 789. The Labute approximate surface area is 160 Å². The number of amides is 2. The molecule has 5 heteroatoms. The summed E-state index contributed by atoms with van der Waals surface area (Å²) in [4.78, 5) is 25.3. The van der Waals surface area contributed by atoms with E-state index in [1.807, 2.05) is 68.4 Å². The Morgan fingerprint density at radius 3 is 2.52 bits per heavy atom. The third kappa shape index (κ3) is 4.88. The number of rotatable bonds is 6. The van der Waals surface area contributed by atoms with Gasteiger partial charge in [-0.3, -0.25) is 9.59 Å². The maximum absolute atomic E-state index is 12.9. The molecule has 0 aliphatic carbocycles. The Morgan fingerprint density at radius 2 is 1.78 bits per heavy atom. The van der Waals surface area contributed by atoms with Gasteiger partial charge in [-0.15, -0.1) is 0 Å². The van der Waals surface area contributed by atoms with E-state index in [4.69, 9.17) is 4.74 Å². The third-order valence-corrected chi connectivity index (χ3v) is 4.75. The van der Waals surface area contributed by atoms with Crippen molar-refractivity contribution in [3.63, 3.8) is 0 Å². The zero-order valence-corrected chi connectivity index (χ0v) is 15.8. The molecule has 27 heavy (non-hydrogen) atoms. The van der Waals surface area contributed by atoms with Crippen LogP contribution < -0.4 is 15.4 Å². The van der Waals surface area contributed by atoms with Gasteiger partial charge < -0.3 is 15.4 Å². The monoisotopic (exact) mass is 366 g/mol. The number of nitrogens with one attached hydrogen (secondary N) is 2. The molecule has 0 radical (unpaired) electrons. The number of para-hydroxylation sites is 1. The number of benzene rings is 2. The van der Waals surface area contributed by atoms with E-state index in [-0.39, 0.29) is 30.2 Å². The maximum atomic E-state index is 12.9. The van der Waals surface area contributed by atoms with E-state index in [1.54, 1.807) is 0 Å². The molecule has 0 saturated carbocycles. The topological polar surface area (TPSA) is 67.4 Å². The number of fused-ring (bicyclic) bond motifs is 1. The minimum Gasteiger partial charge on any atom is -0.493 e. The van der Waals surface area contributed by atoms with Gasteiger partial charge in [0.1, 0.15) is 11.8 Å². The summed E-state index contributed by atoms with van der Waals surface area (Å²) in [6, 6.07) is 16.6. The number of hydrogen-bond acceptors (Lipinski definition) is 3. The van der Waals surface area contributed by atoms with E-state index < -0.39 is 6.04 Å². The summed E-state index contributed by atoms with van der Waals surface area (Å²) in [5.74, 6) is 0.485. The van der Waals surface area contributed by atoms with Crippen LogP contribution in [0.1, 0.15) is 37.4 Å². The second-order valence-corrected chi connectivity index (χ2v) is 7.19. The molecule has 0 spiro atoms. The molecule has 0 saturated heterocycles.